The number of rotatable bonds is 4. The molecule has 0 atom stereocenters. The van der Waals surface area contributed by atoms with Crippen molar-refractivity contribution in [2.75, 3.05) is 12.8 Å². The van der Waals surface area contributed by atoms with E-state index in [1.165, 1.54) is 29.6 Å². The second-order valence-electron chi connectivity index (χ2n) is 6.00. The van der Waals surface area contributed by atoms with Gasteiger partial charge < -0.3 is 15.2 Å². The minimum Gasteiger partial charge on any atom is -0.467 e. The van der Waals surface area contributed by atoms with Gasteiger partial charge in [0.15, 0.2) is 11.5 Å². The maximum atomic E-state index is 12.8. The first-order valence-electron chi connectivity index (χ1n) is 8.30. The molecule has 9 heteroatoms. The fourth-order valence-corrected chi connectivity index (χ4v) is 3.06. The number of benzene rings is 2. The summed E-state index contributed by atoms with van der Waals surface area (Å²) in [7, 11) is 2.98. The number of hydrogen-bond acceptors (Lipinski definition) is 6. The zero-order valence-corrected chi connectivity index (χ0v) is 15.8. The maximum Gasteiger partial charge on any atom is 0.353 e. The van der Waals surface area contributed by atoms with Crippen LogP contribution < -0.4 is 20.9 Å². The van der Waals surface area contributed by atoms with Gasteiger partial charge in [-0.15, -0.1) is 5.10 Å². The van der Waals surface area contributed by atoms with E-state index in [2.05, 4.69) is 10.1 Å². The number of aryl methyl sites for hydroxylation is 1. The molecule has 4 aromatic rings. The van der Waals surface area contributed by atoms with Gasteiger partial charge in [-0.05, 0) is 30.3 Å². The quantitative estimate of drug-likeness (QED) is 0.531. The number of para-hydroxylation sites is 2. The third-order valence-corrected chi connectivity index (χ3v) is 4.44. The van der Waals surface area contributed by atoms with Crippen molar-refractivity contribution in [3.63, 3.8) is 0 Å². The van der Waals surface area contributed by atoms with Gasteiger partial charge in [0, 0.05) is 17.5 Å². The number of nitrogens with zero attached hydrogens (tertiary/aromatic N) is 4. The third kappa shape index (κ3) is 2.93. The van der Waals surface area contributed by atoms with Crippen LogP contribution in [0.15, 0.2) is 53.5 Å². The number of aromatic nitrogens is 4. The summed E-state index contributed by atoms with van der Waals surface area (Å²) in [6.07, 6.45) is 1.51. The van der Waals surface area contributed by atoms with Gasteiger partial charge in [-0.2, -0.15) is 0 Å². The molecular formula is C19H16ClN5O3. The van der Waals surface area contributed by atoms with Crippen molar-refractivity contribution in [2.24, 2.45) is 7.05 Å². The van der Waals surface area contributed by atoms with Crippen molar-refractivity contribution >= 4 is 28.2 Å². The third-order valence-electron chi connectivity index (χ3n) is 4.21. The molecule has 2 N–H and O–H groups in total. The zero-order valence-electron chi connectivity index (χ0n) is 15.1. The van der Waals surface area contributed by atoms with E-state index in [0.717, 1.165) is 0 Å². The number of nitrogens with two attached hydrogens (primary N) is 1. The zero-order chi connectivity index (χ0) is 19.8. The minimum atomic E-state index is -0.398. The van der Waals surface area contributed by atoms with E-state index < -0.39 is 5.69 Å². The number of hydrogen-bond donors (Lipinski definition) is 1. The first kappa shape index (κ1) is 17.9. The number of halogens is 1. The van der Waals surface area contributed by atoms with Crippen LogP contribution in [0.5, 0.6) is 17.5 Å². The molecule has 0 bridgehead atoms. The Labute approximate surface area is 164 Å². The maximum absolute atomic E-state index is 12.8. The van der Waals surface area contributed by atoms with Crippen molar-refractivity contribution in [3.05, 3.63) is 64.2 Å². The predicted molar refractivity (Wildman–Crippen MR) is 107 cm³/mol. The number of methoxy groups -OCH3 is 1. The lowest BCUT2D eigenvalue weighted by Crippen LogP contribution is -2.22. The second kappa shape index (κ2) is 6.90. The number of anilines is 1. The lowest BCUT2D eigenvalue weighted by molar-refractivity contribution is 0.367. The molecule has 142 valence electrons. The van der Waals surface area contributed by atoms with Gasteiger partial charge in [-0.1, -0.05) is 23.7 Å². The van der Waals surface area contributed by atoms with Gasteiger partial charge in [-0.25, -0.2) is 14.0 Å². The van der Waals surface area contributed by atoms with Crippen molar-refractivity contribution in [1.29, 1.82) is 0 Å². The van der Waals surface area contributed by atoms with Crippen LogP contribution in [0.3, 0.4) is 0 Å². The standard InChI is InChI=1S/C19H16ClN5O3/c1-24-19(26)25(18(23-24)27-2)17-12-8-7-11(20)9-14(12)22-10-16(17)28-15-6-4-3-5-13(15)21/h3-10H,21H2,1-2H3. The molecule has 2 aromatic carbocycles. The Kier molecular flexibility index (Phi) is 4.40. The van der Waals surface area contributed by atoms with Gasteiger partial charge in [0.25, 0.3) is 0 Å². The summed E-state index contributed by atoms with van der Waals surface area (Å²) in [6, 6.07) is 12.3. The second-order valence-corrected chi connectivity index (χ2v) is 6.44. The summed E-state index contributed by atoms with van der Waals surface area (Å²) < 4.78 is 13.8. The monoisotopic (exact) mass is 397 g/mol. The SMILES string of the molecule is COc1nn(C)c(=O)n1-c1c(Oc2ccccc2N)cnc2cc(Cl)ccc12. The highest BCUT2D eigenvalue weighted by atomic mass is 35.5. The number of fused-ring (bicyclic) bond motifs is 1. The Bertz CT molecular complexity index is 1250. The van der Waals surface area contributed by atoms with Gasteiger partial charge >= 0.3 is 11.7 Å². The van der Waals surface area contributed by atoms with E-state index >= 15 is 0 Å². The van der Waals surface area contributed by atoms with Crippen LogP contribution in [0.1, 0.15) is 0 Å². The van der Waals surface area contributed by atoms with E-state index in [9.17, 15) is 4.79 Å². The fraction of sp³-hybridized carbons (Fsp3) is 0.105. The van der Waals surface area contributed by atoms with Gasteiger partial charge in [0.1, 0.15) is 5.69 Å². The number of pyridine rings is 1. The molecule has 4 rings (SSSR count). The molecule has 8 nitrogen and oxygen atoms in total. The van der Waals surface area contributed by atoms with Gasteiger partial charge in [0.05, 0.1) is 24.5 Å². The number of ether oxygens (including phenoxy) is 2. The molecule has 0 saturated heterocycles. The molecule has 0 amide bonds. The summed E-state index contributed by atoms with van der Waals surface area (Å²) in [5.41, 5.74) is 7.08. The molecule has 0 fully saturated rings. The lowest BCUT2D eigenvalue weighted by Gasteiger charge is -2.15. The minimum absolute atomic E-state index is 0.112. The highest BCUT2D eigenvalue weighted by Crippen LogP contribution is 2.36. The van der Waals surface area contributed by atoms with E-state index in [1.54, 1.807) is 42.5 Å². The highest BCUT2D eigenvalue weighted by Gasteiger charge is 2.22. The molecule has 0 aliphatic heterocycles. The normalized spacial score (nSPS) is 11.0. The molecule has 0 unspecified atom stereocenters. The summed E-state index contributed by atoms with van der Waals surface area (Å²) in [4.78, 5) is 17.2. The van der Waals surface area contributed by atoms with Crippen molar-refractivity contribution in [1.82, 2.24) is 19.3 Å². The van der Waals surface area contributed by atoms with Gasteiger partial charge in [-0.3, -0.25) is 4.98 Å². The predicted octanol–water partition coefficient (Wildman–Crippen LogP) is 3.16. The van der Waals surface area contributed by atoms with E-state index in [0.29, 0.717) is 38.8 Å². The Morgan fingerprint density at radius 2 is 1.93 bits per heavy atom. The van der Waals surface area contributed by atoms with E-state index in [1.807, 2.05) is 0 Å². The summed E-state index contributed by atoms with van der Waals surface area (Å²) in [5.74, 6) is 0.760. The molecule has 0 aliphatic carbocycles. The Balaban J connectivity index is 2.04. The van der Waals surface area contributed by atoms with Gasteiger partial charge in [0.2, 0.25) is 0 Å². The summed E-state index contributed by atoms with van der Waals surface area (Å²) >= 11 is 6.10. The molecule has 2 heterocycles. The molecule has 0 saturated carbocycles. The largest absolute Gasteiger partial charge is 0.467 e. The van der Waals surface area contributed by atoms with Crippen molar-refractivity contribution < 1.29 is 9.47 Å². The average molecular weight is 398 g/mol. The summed E-state index contributed by atoms with van der Waals surface area (Å²) in [5, 5.41) is 5.28. The van der Waals surface area contributed by atoms with Crippen LogP contribution >= 0.6 is 11.6 Å². The Hall–Kier alpha value is -3.52. The van der Waals surface area contributed by atoms with Crippen LogP contribution in [0.25, 0.3) is 16.6 Å². The topological polar surface area (TPSA) is 97.2 Å². The summed E-state index contributed by atoms with van der Waals surface area (Å²) in [6.45, 7) is 0. The molecule has 0 spiro atoms. The number of nitrogen functional groups attached to an aromatic ring is 1. The Morgan fingerprint density at radius 3 is 2.68 bits per heavy atom. The van der Waals surface area contributed by atoms with Crippen molar-refractivity contribution in [2.45, 2.75) is 0 Å². The van der Waals surface area contributed by atoms with Crippen LogP contribution in [0, 0.1) is 0 Å². The van der Waals surface area contributed by atoms with E-state index in [-0.39, 0.29) is 6.01 Å². The van der Waals surface area contributed by atoms with Crippen LogP contribution in [0.4, 0.5) is 5.69 Å². The highest BCUT2D eigenvalue weighted by molar-refractivity contribution is 6.31. The molecule has 0 aliphatic rings. The van der Waals surface area contributed by atoms with Crippen LogP contribution in [-0.4, -0.2) is 26.4 Å². The molecule has 28 heavy (non-hydrogen) atoms. The molecular weight excluding hydrogens is 382 g/mol. The smallest absolute Gasteiger partial charge is 0.353 e. The fourth-order valence-electron chi connectivity index (χ4n) is 2.90. The average Bonchev–Trinajstić information content (AvgIpc) is 2.97. The first-order chi connectivity index (χ1) is 13.5. The lowest BCUT2D eigenvalue weighted by atomic mass is 10.1. The van der Waals surface area contributed by atoms with Crippen molar-refractivity contribution in [3.8, 4) is 23.2 Å². The first-order valence-corrected chi connectivity index (χ1v) is 8.68. The molecule has 0 radical (unpaired) electrons. The molecule has 2 aromatic heterocycles. The van der Waals surface area contributed by atoms with E-state index in [4.69, 9.17) is 26.8 Å². The van der Waals surface area contributed by atoms with Crippen LogP contribution in [-0.2, 0) is 7.05 Å². The Morgan fingerprint density at radius 1 is 1.14 bits per heavy atom. The van der Waals surface area contributed by atoms with Crippen LogP contribution in [0.2, 0.25) is 5.02 Å².